The van der Waals surface area contributed by atoms with E-state index in [9.17, 15) is 4.79 Å². The quantitative estimate of drug-likeness (QED) is 0.784. The van der Waals surface area contributed by atoms with Crippen LogP contribution in [0, 0.1) is 13.8 Å². The molecule has 4 heteroatoms. The van der Waals surface area contributed by atoms with Gasteiger partial charge in [0.15, 0.2) is 6.10 Å². The minimum atomic E-state index is -0.513. The zero-order valence-corrected chi connectivity index (χ0v) is 15.5. The van der Waals surface area contributed by atoms with Crippen LogP contribution in [0.15, 0.2) is 42.5 Å². The molecule has 0 spiro atoms. The van der Waals surface area contributed by atoms with E-state index in [1.165, 1.54) is 0 Å². The minimum Gasteiger partial charge on any atom is -0.494 e. The first-order valence-electron chi connectivity index (χ1n) is 8.76. The summed E-state index contributed by atoms with van der Waals surface area (Å²) in [6.45, 7) is 8.94. The van der Waals surface area contributed by atoms with Crippen molar-refractivity contribution >= 4 is 5.91 Å². The number of carbonyl (C=O) groups excluding carboxylic acids is 1. The first kappa shape index (κ1) is 18.8. The molecule has 0 unspecified atom stereocenters. The summed E-state index contributed by atoms with van der Waals surface area (Å²) in [6.07, 6.45) is 0.0896. The molecule has 0 fully saturated rings. The first-order valence-corrected chi connectivity index (χ1v) is 8.76. The van der Waals surface area contributed by atoms with Gasteiger partial charge in [-0.1, -0.05) is 31.2 Å². The number of aryl methyl sites for hydroxylation is 2. The van der Waals surface area contributed by atoms with E-state index in [1.54, 1.807) is 0 Å². The van der Waals surface area contributed by atoms with Gasteiger partial charge < -0.3 is 14.8 Å². The molecule has 2 aromatic rings. The number of hydrogen-bond acceptors (Lipinski definition) is 3. The van der Waals surface area contributed by atoms with E-state index in [1.807, 2.05) is 64.1 Å². The molecular weight excluding hydrogens is 314 g/mol. The second-order valence-corrected chi connectivity index (χ2v) is 6.10. The number of carbonyl (C=O) groups is 1. The normalized spacial score (nSPS) is 11.7. The predicted molar refractivity (Wildman–Crippen MR) is 100 cm³/mol. The van der Waals surface area contributed by atoms with E-state index in [4.69, 9.17) is 9.47 Å². The second kappa shape index (κ2) is 9.11. The number of nitrogens with one attached hydrogen (secondary N) is 1. The molecular formula is C21H27NO3. The summed E-state index contributed by atoms with van der Waals surface area (Å²) in [7, 11) is 0. The lowest BCUT2D eigenvalue weighted by Crippen LogP contribution is -2.37. The summed E-state index contributed by atoms with van der Waals surface area (Å²) in [4.78, 5) is 12.5. The molecule has 2 rings (SSSR count). The Morgan fingerprint density at radius 1 is 1.08 bits per heavy atom. The van der Waals surface area contributed by atoms with Gasteiger partial charge in [-0.3, -0.25) is 4.79 Å². The van der Waals surface area contributed by atoms with Crippen LogP contribution >= 0.6 is 0 Å². The molecule has 0 aliphatic heterocycles. The van der Waals surface area contributed by atoms with E-state index in [2.05, 4.69) is 11.4 Å². The Balaban J connectivity index is 2.00. The Hall–Kier alpha value is -2.49. The average Bonchev–Trinajstić information content (AvgIpc) is 2.58. The molecule has 0 aliphatic carbocycles. The summed E-state index contributed by atoms with van der Waals surface area (Å²) < 4.78 is 11.5. The lowest BCUT2D eigenvalue weighted by molar-refractivity contribution is -0.128. The molecule has 1 amide bonds. The molecule has 0 saturated heterocycles. The maximum absolute atomic E-state index is 12.5. The van der Waals surface area contributed by atoms with Crippen LogP contribution in [0.3, 0.4) is 0 Å². The van der Waals surface area contributed by atoms with Crippen LogP contribution in [-0.2, 0) is 11.3 Å². The fourth-order valence-electron chi connectivity index (χ4n) is 2.73. The van der Waals surface area contributed by atoms with Crippen LogP contribution in [0.1, 0.15) is 37.0 Å². The lowest BCUT2D eigenvalue weighted by atomic mass is 10.1. The maximum Gasteiger partial charge on any atom is 0.261 e. The molecule has 0 heterocycles. The standard InChI is InChI=1S/C21H27NO3/c1-5-19(25-18-12-15(3)11-16(4)13-18)21(23)22-14-17-9-7-8-10-20(17)24-6-2/h7-13,19H,5-6,14H2,1-4H3,(H,22,23)/t19-/m0/s1. The van der Waals surface area contributed by atoms with Crippen molar-refractivity contribution in [3.05, 3.63) is 59.2 Å². The highest BCUT2D eigenvalue weighted by molar-refractivity contribution is 5.81. The highest BCUT2D eigenvalue weighted by atomic mass is 16.5. The monoisotopic (exact) mass is 341 g/mol. The highest BCUT2D eigenvalue weighted by Crippen LogP contribution is 2.20. The summed E-state index contributed by atoms with van der Waals surface area (Å²) >= 11 is 0. The molecule has 0 bridgehead atoms. The fraction of sp³-hybridized carbons (Fsp3) is 0.381. The van der Waals surface area contributed by atoms with Crippen LogP contribution in [0.5, 0.6) is 11.5 Å². The van der Waals surface area contributed by atoms with Gasteiger partial charge in [-0.25, -0.2) is 0 Å². The zero-order valence-electron chi connectivity index (χ0n) is 15.5. The van der Waals surface area contributed by atoms with Crippen molar-refractivity contribution in [2.24, 2.45) is 0 Å². The zero-order chi connectivity index (χ0) is 18.2. The molecule has 0 aromatic heterocycles. The third-order valence-corrected chi connectivity index (χ3v) is 3.86. The number of hydrogen-bond donors (Lipinski definition) is 1. The number of ether oxygens (including phenoxy) is 2. The molecule has 1 N–H and O–H groups in total. The van der Waals surface area contributed by atoms with Gasteiger partial charge >= 0.3 is 0 Å². The highest BCUT2D eigenvalue weighted by Gasteiger charge is 2.18. The second-order valence-electron chi connectivity index (χ2n) is 6.10. The molecule has 1 atom stereocenters. The van der Waals surface area contributed by atoms with Crippen molar-refractivity contribution in [1.82, 2.24) is 5.32 Å². The van der Waals surface area contributed by atoms with Gasteiger partial charge in [-0.15, -0.1) is 0 Å². The van der Waals surface area contributed by atoms with E-state index in [-0.39, 0.29) is 5.91 Å². The Morgan fingerprint density at radius 2 is 1.76 bits per heavy atom. The Kier molecular flexibility index (Phi) is 6.87. The van der Waals surface area contributed by atoms with Gasteiger partial charge in [0, 0.05) is 12.1 Å². The van der Waals surface area contributed by atoms with Gasteiger partial charge in [-0.2, -0.15) is 0 Å². The predicted octanol–water partition coefficient (Wildman–Crippen LogP) is 4.18. The van der Waals surface area contributed by atoms with Gasteiger partial charge in [-0.05, 0) is 56.5 Å². The molecule has 0 radical (unpaired) electrons. The molecule has 0 aliphatic rings. The third-order valence-electron chi connectivity index (χ3n) is 3.86. The Morgan fingerprint density at radius 3 is 2.40 bits per heavy atom. The summed E-state index contributed by atoms with van der Waals surface area (Å²) in [6, 6.07) is 13.7. The van der Waals surface area contributed by atoms with E-state index >= 15 is 0 Å². The van der Waals surface area contributed by atoms with Crippen molar-refractivity contribution in [1.29, 1.82) is 0 Å². The minimum absolute atomic E-state index is 0.118. The smallest absolute Gasteiger partial charge is 0.261 e. The van der Waals surface area contributed by atoms with Crippen LogP contribution in [0.25, 0.3) is 0 Å². The van der Waals surface area contributed by atoms with Crippen molar-refractivity contribution in [2.75, 3.05) is 6.61 Å². The molecule has 25 heavy (non-hydrogen) atoms. The van der Waals surface area contributed by atoms with Gasteiger partial charge in [0.2, 0.25) is 0 Å². The van der Waals surface area contributed by atoms with Crippen LogP contribution in [-0.4, -0.2) is 18.6 Å². The Labute approximate surface area is 150 Å². The summed E-state index contributed by atoms with van der Waals surface area (Å²) in [5.41, 5.74) is 3.20. The average molecular weight is 341 g/mol. The molecule has 4 nitrogen and oxygen atoms in total. The largest absolute Gasteiger partial charge is 0.494 e. The lowest BCUT2D eigenvalue weighted by Gasteiger charge is -2.18. The van der Waals surface area contributed by atoms with Gasteiger partial charge in [0.05, 0.1) is 6.61 Å². The first-order chi connectivity index (χ1) is 12.0. The van der Waals surface area contributed by atoms with Crippen molar-refractivity contribution < 1.29 is 14.3 Å². The van der Waals surface area contributed by atoms with Crippen LogP contribution < -0.4 is 14.8 Å². The van der Waals surface area contributed by atoms with Gasteiger partial charge in [0.1, 0.15) is 11.5 Å². The molecule has 134 valence electrons. The number of benzene rings is 2. The van der Waals surface area contributed by atoms with Crippen molar-refractivity contribution in [3.63, 3.8) is 0 Å². The number of rotatable bonds is 8. The number of amides is 1. The van der Waals surface area contributed by atoms with E-state index in [0.717, 1.165) is 28.2 Å². The van der Waals surface area contributed by atoms with Gasteiger partial charge in [0.25, 0.3) is 5.91 Å². The SMILES string of the molecule is CCOc1ccccc1CNC(=O)[C@H](CC)Oc1cc(C)cc(C)c1. The van der Waals surface area contributed by atoms with Crippen molar-refractivity contribution in [3.8, 4) is 11.5 Å². The maximum atomic E-state index is 12.5. The third kappa shape index (κ3) is 5.52. The van der Waals surface area contributed by atoms with E-state index in [0.29, 0.717) is 19.6 Å². The van der Waals surface area contributed by atoms with Crippen molar-refractivity contribution in [2.45, 2.75) is 46.8 Å². The molecule has 2 aromatic carbocycles. The Bertz CT molecular complexity index is 692. The number of para-hydroxylation sites is 1. The van der Waals surface area contributed by atoms with E-state index < -0.39 is 6.10 Å². The fourth-order valence-corrected chi connectivity index (χ4v) is 2.73. The van der Waals surface area contributed by atoms with Crippen LogP contribution in [0.2, 0.25) is 0 Å². The topological polar surface area (TPSA) is 47.6 Å². The summed E-state index contributed by atoms with van der Waals surface area (Å²) in [5, 5.41) is 2.95. The summed E-state index contributed by atoms with van der Waals surface area (Å²) in [5.74, 6) is 1.41. The van der Waals surface area contributed by atoms with Crippen LogP contribution in [0.4, 0.5) is 0 Å². The molecule has 0 saturated carbocycles.